The van der Waals surface area contributed by atoms with Crippen molar-refractivity contribution in [2.24, 2.45) is 5.92 Å². The van der Waals surface area contributed by atoms with Crippen molar-refractivity contribution in [1.29, 1.82) is 0 Å². The zero-order valence-electron chi connectivity index (χ0n) is 15.6. The first kappa shape index (κ1) is 21.0. The molecule has 0 aromatic heterocycles. The predicted octanol–water partition coefficient (Wildman–Crippen LogP) is 3.77. The number of nitrogens with one attached hydrogen (secondary N) is 1. The molecule has 0 aliphatic carbocycles. The number of benzene rings is 1. The average molecular weight is 401 g/mol. The molecular formula is C19H26Cl2N2O3. The van der Waals surface area contributed by atoms with E-state index in [-0.39, 0.29) is 35.0 Å². The number of nitrogens with zero attached hydrogens (tertiary/aromatic N) is 1. The van der Waals surface area contributed by atoms with E-state index < -0.39 is 6.04 Å². The topological polar surface area (TPSA) is 58.6 Å². The van der Waals surface area contributed by atoms with Gasteiger partial charge in [-0.05, 0) is 44.4 Å². The summed E-state index contributed by atoms with van der Waals surface area (Å²) in [6.07, 6.45) is 0.503. The van der Waals surface area contributed by atoms with Crippen molar-refractivity contribution in [3.8, 4) is 0 Å². The quantitative estimate of drug-likeness (QED) is 0.817. The van der Waals surface area contributed by atoms with Crippen LogP contribution in [0.5, 0.6) is 0 Å². The number of hydrogen-bond donors (Lipinski definition) is 1. The maximum Gasteiger partial charge on any atom is 0.253 e. The average Bonchev–Trinajstić information content (AvgIpc) is 2.52. The van der Waals surface area contributed by atoms with Crippen molar-refractivity contribution in [1.82, 2.24) is 10.2 Å². The molecule has 3 atom stereocenters. The molecule has 7 heteroatoms. The van der Waals surface area contributed by atoms with Gasteiger partial charge in [-0.25, -0.2) is 0 Å². The van der Waals surface area contributed by atoms with E-state index in [1.54, 1.807) is 17.0 Å². The highest BCUT2D eigenvalue weighted by molar-refractivity contribution is 6.36. The maximum absolute atomic E-state index is 13.0. The standard InChI is InChI=1S/C19H26Cl2N2O3/c1-11(2)7-17(19(25)23-9-12(3)26-13(4)10-23)22-18(24)15-6-5-14(20)8-16(15)21/h5-6,8,11-13,17H,7,9-10H2,1-4H3,(H,22,24)/t12-,13+,17-/m1/s1. The zero-order valence-corrected chi connectivity index (χ0v) is 17.1. The molecule has 1 aliphatic heterocycles. The zero-order chi connectivity index (χ0) is 19.4. The third-order valence-corrected chi connectivity index (χ3v) is 4.77. The van der Waals surface area contributed by atoms with Crippen LogP contribution in [0.25, 0.3) is 0 Å². The molecule has 1 fully saturated rings. The van der Waals surface area contributed by atoms with Crippen LogP contribution in [-0.2, 0) is 9.53 Å². The Balaban J connectivity index is 2.15. The molecule has 1 aliphatic rings. The summed E-state index contributed by atoms with van der Waals surface area (Å²) < 4.78 is 5.69. The van der Waals surface area contributed by atoms with E-state index in [0.717, 1.165) is 0 Å². The number of morpholine rings is 1. The Kier molecular flexibility index (Phi) is 7.33. The van der Waals surface area contributed by atoms with E-state index in [0.29, 0.717) is 30.1 Å². The van der Waals surface area contributed by atoms with Gasteiger partial charge in [0.1, 0.15) is 6.04 Å². The highest BCUT2D eigenvalue weighted by Crippen LogP contribution is 2.22. The number of rotatable bonds is 5. The van der Waals surface area contributed by atoms with Crippen molar-refractivity contribution >= 4 is 35.0 Å². The first-order chi connectivity index (χ1) is 12.2. The summed E-state index contributed by atoms with van der Waals surface area (Å²) in [5.74, 6) is -0.208. The monoisotopic (exact) mass is 400 g/mol. The summed E-state index contributed by atoms with van der Waals surface area (Å²) >= 11 is 12.0. The number of amides is 2. The van der Waals surface area contributed by atoms with E-state index in [1.165, 1.54) is 6.07 Å². The second kappa shape index (κ2) is 9.07. The minimum absolute atomic E-state index is 0.0242. The Morgan fingerprint density at radius 2 is 1.85 bits per heavy atom. The molecule has 0 bridgehead atoms. The highest BCUT2D eigenvalue weighted by atomic mass is 35.5. The molecule has 1 aromatic rings. The van der Waals surface area contributed by atoms with Crippen molar-refractivity contribution in [2.75, 3.05) is 13.1 Å². The van der Waals surface area contributed by atoms with Gasteiger partial charge in [0.05, 0.1) is 22.8 Å². The Morgan fingerprint density at radius 1 is 1.23 bits per heavy atom. The Morgan fingerprint density at radius 3 is 2.38 bits per heavy atom. The fourth-order valence-electron chi connectivity index (χ4n) is 3.18. The minimum atomic E-state index is -0.605. The van der Waals surface area contributed by atoms with E-state index >= 15 is 0 Å². The molecule has 2 amide bonds. The van der Waals surface area contributed by atoms with Crippen LogP contribution < -0.4 is 5.32 Å². The van der Waals surface area contributed by atoms with E-state index in [1.807, 2.05) is 27.7 Å². The lowest BCUT2D eigenvalue weighted by molar-refractivity contribution is -0.145. The molecule has 0 radical (unpaired) electrons. The number of ether oxygens (including phenoxy) is 1. The fraction of sp³-hybridized carbons (Fsp3) is 0.579. The van der Waals surface area contributed by atoms with Gasteiger partial charge in [-0.1, -0.05) is 37.0 Å². The Hall–Kier alpha value is -1.30. The summed E-state index contributed by atoms with van der Waals surface area (Å²) in [6.45, 7) is 8.97. The van der Waals surface area contributed by atoms with Crippen molar-refractivity contribution in [3.63, 3.8) is 0 Å². The van der Waals surface area contributed by atoms with Crippen LogP contribution in [0.2, 0.25) is 10.0 Å². The van der Waals surface area contributed by atoms with Gasteiger partial charge in [0.25, 0.3) is 5.91 Å². The summed E-state index contributed by atoms with van der Waals surface area (Å²) in [6, 6.07) is 4.08. The second-order valence-electron chi connectivity index (χ2n) is 7.28. The van der Waals surface area contributed by atoms with E-state index in [2.05, 4.69) is 5.32 Å². The molecule has 0 spiro atoms. The second-order valence-corrected chi connectivity index (χ2v) is 8.12. The molecule has 26 heavy (non-hydrogen) atoms. The van der Waals surface area contributed by atoms with Crippen LogP contribution in [0.4, 0.5) is 0 Å². The molecule has 0 saturated carbocycles. The molecule has 5 nitrogen and oxygen atoms in total. The number of hydrogen-bond acceptors (Lipinski definition) is 3. The molecule has 1 heterocycles. The normalized spacial score (nSPS) is 21.6. The molecule has 1 saturated heterocycles. The van der Waals surface area contributed by atoms with Crippen LogP contribution in [0.1, 0.15) is 44.5 Å². The number of carbonyl (C=O) groups excluding carboxylic acids is 2. The summed E-state index contributed by atoms with van der Waals surface area (Å²) in [5.41, 5.74) is 0.307. The van der Waals surface area contributed by atoms with Gasteiger partial charge in [0, 0.05) is 18.1 Å². The molecular weight excluding hydrogens is 375 g/mol. The van der Waals surface area contributed by atoms with Gasteiger partial charge in [-0.2, -0.15) is 0 Å². The first-order valence-electron chi connectivity index (χ1n) is 8.87. The lowest BCUT2D eigenvalue weighted by atomic mass is 10.0. The molecule has 1 N–H and O–H groups in total. The lowest BCUT2D eigenvalue weighted by Gasteiger charge is -2.37. The number of carbonyl (C=O) groups is 2. The summed E-state index contributed by atoms with van der Waals surface area (Å²) in [5, 5.41) is 3.57. The summed E-state index contributed by atoms with van der Waals surface area (Å²) in [7, 11) is 0. The maximum atomic E-state index is 13.0. The largest absolute Gasteiger partial charge is 0.372 e. The van der Waals surface area contributed by atoms with Gasteiger partial charge in [-0.15, -0.1) is 0 Å². The summed E-state index contributed by atoms with van der Waals surface area (Å²) in [4.78, 5) is 27.5. The molecule has 1 aromatic carbocycles. The molecule has 2 rings (SSSR count). The van der Waals surface area contributed by atoms with Gasteiger partial charge in [0.2, 0.25) is 5.91 Å². The third kappa shape index (κ3) is 5.60. The Bertz CT molecular complexity index is 656. The Labute approximate surface area is 165 Å². The van der Waals surface area contributed by atoms with Crippen LogP contribution in [0.3, 0.4) is 0 Å². The van der Waals surface area contributed by atoms with Crippen molar-refractivity contribution in [2.45, 2.75) is 52.4 Å². The number of halogens is 2. The first-order valence-corrected chi connectivity index (χ1v) is 9.63. The van der Waals surface area contributed by atoms with Gasteiger partial charge in [-0.3, -0.25) is 9.59 Å². The van der Waals surface area contributed by atoms with E-state index in [4.69, 9.17) is 27.9 Å². The van der Waals surface area contributed by atoms with Crippen LogP contribution in [0, 0.1) is 5.92 Å². The smallest absolute Gasteiger partial charge is 0.253 e. The van der Waals surface area contributed by atoms with Gasteiger partial charge in [0.15, 0.2) is 0 Å². The highest BCUT2D eigenvalue weighted by Gasteiger charge is 2.32. The minimum Gasteiger partial charge on any atom is -0.372 e. The van der Waals surface area contributed by atoms with Crippen LogP contribution in [-0.4, -0.2) is 48.1 Å². The van der Waals surface area contributed by atoms with E-state index in [9.17, 15) is 9.59 Å². The lowest BCUT2D eigenvalue weighted by Crippen LogP contribution is -2.55. The van der Waals surface area contributed by atoms with Gasteiger partial charge >= 0.3 is 0 Å². The predicted molar refractivity (Wildman–Crippen MR) is 104 cm³/mol. The van der Waals surface area contributed by atoms with Crippen molar-refractivity contribution in [3.05, 3.63) is 33.8 Å². The van der Waals surface area contributed by atoms with Gasteiger partial charge < -0.3 is 15.0 Å². The third-order valence-electron chi connectivity index (χ3n) is 4.22. The molecule has 144 valence electrons. The fourth-order valence-corrected chi connectivity index (χ4v) is 3.68. The van der Waals surface area contributed by atoms with Crippen molar-refractivity contribution < 1.29 is 14.3 Å². The molecule has 0 unspecified atom stereocenters. The SMILES string of the molecule is CC(C)C[C@@H](NC(=O)c1ccc(Cl)cc1Cl)C(=O)N1C[C@@H](C)O[C@@H](C)C1. The van der Waals surface area contributed by atoms with Crippen LogP contribution >= 0.6 is 23.2 Å². The van der Waals surface area contributed by atoms with Crippen LogP contribution in [0.15, 0.2) is 18.2 Å².